The predicted octanol–water partition coefficient (Wildman–Crippen LogP) is 0.580. The summed E-state index contributed by atoms with van der Waals surface area (Å²) in [6.07, 6.45) is 3.80. The fourth-order valence-corrected chi connectivity index (χ4v) is 0.445. The highest BCUT2D eigenvalue weighted by atomic mass is 16.4. The van der Waals surface area contributed by atoms with E-state index in [-0.39, 0.29) is 5.56 Å². The Morgan fingerprint density at radius 2 is 2.56 bits per heavy atom. The summed E-state index contributed by atoms with van der Waals surface area (Å²) in [5.41, 5.74) is 0.0949. The molecule has 46 valence electrons. The summed E-state index contributed by atoms with van der Waals surface area (Å²) in [5, 5.41) is 8.31. The first kappa shape index (κ1) is 5.75. The van der Waals surface area contributed by atoms with E-state index in [1.165, 1.54) is 12.3 Å². The van der Waals surface area contributed by atoms with Crippen LogP contribution in [0.25, 0.3) is 0 Å². The maximum atomic E-state index is 10.1. The Morgan fingerprint density at radius 3 is 2.89 bits per heavy atom. The number of pyridine rings is 1. The lowest BCUT2D eigenvalue weighted by molar-refractivity contribution is 0.0696. The molecule has 1 N–H and O–H groups in total. The summed E-state index contributed by atoms with van der Waals surface area (Å²) in [5.74, 6) is -0.997. The zero-order valence-electron chi connectivity index (χ0n) is 4.53. The van der Waals surface area contributed by atoms with Crippen LogP contribution in [0.15, 0.2) is 18.3 Å². The number of hydrogen-bond donors (Lipinski definition) is 1. The summed E-state index contributed by atoms with van der Waals surface area (Å²) in [6, 6.07) is 3.00. The number of rotatable bonds is 1. The van der Waals surface area contributed by atoms with Gasteiger partial charge in [0.1, 0.15) is 0 Å². The molecule has 0 saturated heterocycles. The number of nitrogens with zero attached hydrogens (tertiary/aromatic N) is 1. The highest BCUT2D eigenvalue weighted by molar-refractivity contribution is 5.86. The van der Waals surface area contributed by atoms with Gasteiger partial charge < -0.3 is 14.9 Å². The highest BCUT2D eigenvalue weighted by Crippen LogP contribution is 1.91. The number of aromatic carboxylic acids is 1. The lowest BCUT2D eigenvalue weighted by Crippen LogP contribution is -1.95. The molecule has 0 bridgehead atoms. The third kappa shape index (κ3) is 1.25. The molecule has 0 fully saturated rings. The van der Waals surface area contributed by atoms with Gasteiger partial charge in [0.05, 0.1) is 0 Å². The zero-order valence-corrected chi connectivity index (χ0v) is 4.53. The molecule has 0 radical (unpaired) electrons. The average Bonchev–Trinajstić information content (AvgIpc) is 1.90. The molecule has 1 aromatic rings. The number of carboxylic acids is 1. The van der Waals surface area contributed by atoms with E-state index in [0.717, 1.165) is 0 Å². The maximum absolute atomic E-state index is 10.1. The molecular weight excluding hydrogens is 118 g/mol. The third-order valence-corrected chi connectivity index (χ3v) is 0.839. The SMILES string of the molecule is O=C(O)c1[c-]nccc1. The van der Waals surface area contributed by atoms with Crippen LogP contribution in [0.3, 0.4) is 0 Å². The van der Waals surface area contributed by atoms with Crippen LogP contribution in [0.5, 0.6) is 0 Å². The Kier molecular flexibility index (Phi) is 1.44. The molecular formula is C6H4NO2-. The Hall–Kier alpha value is -1.38. The molecule has 0 atom stereocenters. The third-order valence-electron chi connectivity index (χ3n) is 0.839. The normalized spacial score (nSPS) is 8.89. The first-order valence-electron chi connectivity index (χ1n) is 2.36. The van der Waals surface area contributed by atoms with Gasteiger partial charge in [-0.1, -0.05) is 6.20 Å². The van der Waals surface area contributed by atoms with E-state index in [4.69, 9.17) is 5.11 Å². The van der Waals surface area contributed by atoms with Crippen molar-refractivity contribution in [1.82, 2.24) is 4.98 Å². The monoisotopic (exact) mass is 122 g/mol. The van der Waals surface area contributed by atoms with Crippen LogP contribution in [0.1, 0.15) is 10.4 Å². The number of carbonyl (C=O) groups is 1. The summed E-state index contributed by atoms with van der Waals surface area (Å²) in [6.45, 7) is 0. The van der Waals surface area contributed by atoms with E-state index in [2.05, 4.69) is 11.2 Å². The van der Waals surface area contributed by atoms with Gasteiger partial charge in [0, 0.05) is 0 Å². The van der Waals surface area contributed by atoms with Crippen molar-refractivity contribution >= 4 is 5.97 Å². The fraction of sp³-hybridized carbons (Fsp3) is 0. The van der Waals surface area contributed by atoms with Crippen molar-refractivity contribution in [3.8, 4) is 0 Å². The molecule has 1 aromatic heterocycles. The molecule has 3 nitrogen and oxygen atoms in total. The summed E-state index contributed by atoms with van der Waals surface area (Å²) < 4.78 is 0. The van der Waals surface area contributed by atoms with Gasteiger partial charge >= 0.3 is 0 Å². The molecule has 0 aromatic carbocycles. The molecule has 0 unspecified atom stereocenters. The Labute approximate surface area is 52.0 Å². The standard InChI is InChI=1S/C6H4NO2/c8-6(9)5-2-1-3-7-4-5/h1-3H,(H,8,9)/q-1. The topological polar surface area (TPSA) is 50.2 Å². The maximum Gasteiger partial charge on any atom is 0.249 e. The minimum Gasteiger partial charge on any atom is -0.521 e. The van der Waals surface area contributed by atoms with Gasteiger partial charge in [0.25, 0.3) is 0 Å². The zero-order chi connectivity index (χ0) is 6.69. The van der Waals surface area contributed by atoms with Gasteiger partial charge in [-0.15, -0.1) is 12.1 Å². The summed E-state index contributed by atoms with van der Waals surface area (Å²) in [7, 11) is 0. The Bertz CT molecular complexity index is 208. The van der Waals surface area contributed by atoms with Crippen LogP contribution in [-0.4, -0.2) is 16.1 Å². The first-order chi connectivity index (χ1) is 4.30. The van der Waals surface area contributed by atoms with Gasteiger partial charge in [0.2, 0.25) is 5.97 Å². The van der Waals surface area contributed by atoms with Gasteiger partial charge in [-0.2, -0.15) is 0 Å². The Balaban J connectivity index is 2.98. The van der Waals surface area contributed by atoms with Gasteiger partial charge in [0.15, 0.2) is 0 Å². The predicted molar refractivity (Wildman–Crippen MR) is 30.0 cm³/mol. The minimum atomic E-state index is -0.997. The summed E-state index contributed by atoms with van der Waals surface area (Å²) in [4.78, 5) is 13.6. The van der Waals surface area contributed by atoms with Crippen LogP contribution in [0.2, 0.25) is 0 Å². The van der Waals surface area contributed by atoms with Crippen LogP contribution in [-0.2, 0) is 0 Å². The second-order valence-electron chi connectivity index (χ2n) is 1.47. The molecule has 3 heteroatoms. The lowest BCUT2D eigenvalue weighted by Gasteiger charge is -1.96. The molecule has 0 aliphatic rings. The number of hydrogen-bond acceptors (Lipinski definition) is 2. The molecule has 0 spiro atoms. The number of aromatic nitrogens is 1. The van der Waals surface area contributed by atoms with Crippen molar-refractivity contribution in [2.45, 2.75) is 0 Å². The molecule has 0 aliphatic carbocycles. The minimum absolute atomic E-state index is 0.0949. The van der Waals surface area contributed by atoms with E-state index >= 15 is 0 Å². The second kappa shape index (κ2) is 2.26. The van der Waals surface area contributed by atoms with E-state index in [0.29, 0.717) is 0 Å². The van der Waals surface area contributed by atoms with Crippen LogP contribution >= 0.6 is 0 Å². The lowest BCUT2D eigenvalue weighted by atomic mass is 10.3. The smallest absolute Gasteiger partial charge is 0.249 e. The molecule has 0 amide bonds. The van der Waals surface area contributed by atoms with E-state index < -0.39 is 5.97 Å². The van der Waals surface area contributed by atoms with Crippen molar-refractivity contribution in [2.24, 2.45) is 0 Å². The molecule has 1 heterocycles. The van der Waals surface area contributed by atoms with Gasteiger partial charge in [-0.25, -0.2) is 0 Å². The van der Waals surface area contributed by atoms with Crippen LogP contribution in [0.4, 0.5) is 0 Å². The van der Waals surface area contributed by atoms with E-state index in [1.807, 2.05) is 0 Å². The first-order valence-corrected chi connectivity index (χ1v) is 2.36. The van der Waals surface area contributed by atoms with Crippen LogP contribution < -0.4 is 0 Å². The van der Waals surface area contributed by atoms with Crippen molar-refractivity contribution in [1.29, 1.82) is 0 Å². The average molecular weight is 122 g/mol. The highest BCUT2D eigenvalue weighted by Gasteiger charge is 1.88. The van der Waals surface area contributed by atoms with Gasteiger partial charge in [-0.05, 0) is 11.8 Å². The summed E-state index contributed by atoms with van der Waals surface area (Å²) >= 11 is 0. The molecule has 1 rings (SSSR count). The second-order valence-corrected chi connectivity index (χ2v) is 1.47. The largest absolute Gasteiger partial charge is 0.521 e. The van der Waals surface area contributed by atoms with E-state index in [9.17, 15) is 4.79 Å². The number of carboxylic acid groups (broad SMARTS) is 1. The molecule has 0 aliphatic heterocycles. The van der Waals surface area contributed by atoms with Crippen molar-refractivity contribution in [3.63, 3.8) is 0 Å². The van der Waals surface area contributed by atoms with Gasteiger partial charge in [-0.3, -0.25) is 0 Å². The molecule has 0 saturated carbocycles. The van der Waals surface area contributed by atoms with Crippen LogP contribution in [0, 0.1) is 6.20 Å². The Morgan fingerprint density at radius 1 is 1.78 bits per heavy atom. The van der Waals surface area contributed by atoms with E-state index in [1.54, 1.807) is 6.07 Å². The van der Waals surface area contributed by atoms with Crippen molar-refractivity contribution in [2.75, 3.05) is 0 Å². The van der Waals surface area contributed by atoms with Crippen molar-refractivity contribution < 1.29 is 9.90 Å². The quantitative estimate of drug-likeness (QED) is 0.554. The molecule has 9 heavy (non-hydrogen) atoms. The fourth-order valence-electron chi connectivity index (χ4n) is 0.445. The van der Waals surface area contributed by atoms with Crippen molar-refractivity contribution in [3.05, 3.63) is 30.1 Å².